The van der Waals surface area contributed by atoms with Crippen molar-refractivity contribution in [2.75, 3.05) is 12.9 Å². The molecule has 0 bridgehead atoms. The van der Waals surface area contributed by atoms with E-state index in [1.165, 1.54) is 36.2 Å². The molecule has 0 aromatic heterocycles. The van der Waals surface area contributed by atoms with Gasteiger partial charge in [0.05, 0.1) is 24.0 Å². The van der Waals surface area contributed by atoms with E-state index in [2.05, 4.69) is 15.5 Å². The number of hydrogen-bond donors (Lipinski definition) is 1. The summed E-state index contributed by atoms with van der Waals surface area (Å²) in [6.45, 7) is 1.79. The Labute approximate surface area is 148 Å². The van der Waals surface area contributed by atoms with Gasteiger partial charge in [0.15, 0.2) is 10.7 Å². The highest BCUT2D eigenvalue weighted by Crippen LogP contribution is 2.16. The predicted molar refractivity (Wildman–Crippen MR) is 93.4 cm³/mol. The lowest BCUT2D eigenvalue weighted by molar-refractivity contribution is -0.138. The Morgan fingerprint density at radius 2 is 2.33 bits per heavy atom. The number of nitrogens with one attached hydrogen (secondary N) is 1. The summed E-state index contributed by atoms with van der Waals surface area (Å²) in [4.78, 5) is 15.4. The van der Waals surface area contributed by atoms with E-state index in [1.807, 2.05) is 0 Å². The van der Waals surface area contributed by atoms with Crippen molar-refractivity contribution in [3.05, 3.63) is 46.4 Å². The third kappa shape index (κ3) is 6.02. The van der Waals surface area contributed by atoms with Gasteiger partial charge in [0, 0.05) is 5.56 Å². The first-order valence-electron chi connectivity index (χ1n) is 6.65. The van der Waals surface area contributed by atoms with Crippen LogP contribution in [0.5, 0.6) is 0 Å². The Balaban J connectivity index is 2.85. The highest BCUT2D eigenvalue weighted by atomic mass is 35.5. The molecule has 0 saturated heterocycles. The van der Waals surface area contributed by atoms with Crippen LogP contribution in [0.25, 0.3) is 0 Å². The Hall–Kier alpha value is -2.37. The second kappa shape index (κ2) is 10.4. The van der Waals surface area contributed by atoms with Crippen LogP contribution in [0.15, 0.2) is 40.1 Å². The Bertz CT molecular complexity index is 708. The Morgan fingerprint density at radius 1 is 1.58 bits per heavy atom. The van der Waals surface area contributed by atoms with E-state index < -0.39 is 11.8 Å². The molecule has 0 aliphatic heterocycles. The highest BCUT2D eigenvalue weighted by Gasteiger charge is 2.09. The van der Waals surface area contributed by atoms with Gasteiger partial charge in [-0.05, 0) is 25.3 Å². The maximum Gasteiger partial charge on any atom is 0.350 e. The van der Waals surface area contributed by atoms with Gasteiger partial charge in [-0.25, -0.2) is 14.2 Å². The van der Waals surface area contributed by atoms with Crippen molar-refractivity contribution in [2.45, 2.75) is 6.92 Å². The fourth-order valence-corrected chi connectivity index (χ4v) is 1.89. The van der Waals surface area contributed by atoms with Gasteiger partial charge in [-0.3, -0.25) is 5.43 Å². The van der Waals surface area contributed by atoms with E-state index in [-0.39, 0.29) is 27.9 Å². The lowest BCUT2D eigenvalue weighted by atomic mass is 10.2. The van der Waals surface area contributed by atoms with Gasteiger partial charge in [0.25, 0.3) is 0 Å². The van der Waals surface area contributed by atoms with Crippen LogP contribution in [0.3, 0.4) is 0 Å². The summed E-state index contributed by atoms with van der Waals surface area (Å²) in [6, 6.07) is 5.99. The van der Waals surface area contributed by atoms with E-state index >= 15 is 0 Å². The SMILES string of the molecule is CCOC(=O)/C(C#N)=C/N=C(NN=Cc1c(F)cccc1Cl)SC. The fourth-order valence-electron chi connectivity index (χ4n) is 1.37. The van der Waals surface area contributed by atoms with Crippen molar-refractivity contribution in [1.29, 1.82) is 5.26 Å². The summed E-state index contributed by atoms with van der Waals surface area (Å²) in [5.74, 6) is -1.27. The molecule has 0 amide bonds. The zero-order chi connectivity index (χ0) is 17.9. The molecule has 6 nitrogen and oxygen atoms in total. The number of hydrogen-bond acceptors (Lipinski definition) is 6. The lowest BCUT2D eigenvalue weighted by Crippen LogP contribution is -2.14. The fraction of sp³-hybridized carbons (Fsp3) is 0.200. The van der Waals surface area contributed by atoms with Crippen LogP contribution in [0.2, 0.25) is 5.02 Å². The minimum Gasteiger partial charge on any atom is -0.462 e. The first kappa shape index (κ1) is 19.7. The van der Waals surface area contributed by atoms with Crippen LogP contribution < -0.4 is 5.43 Å². The van der Waals surface area contributed by atoms with Gasteiger partial charge in [0.1, 0.15) is 11.9 Å². The van der Waals surface area contributed by atoms with Crippen molar-refractivity contribution in [3.8, 4) is 6.07 Å². The number of carbonyl (C=O) groups excluding carboxylic acids is 1. The molecule has 126 valence electrons. The number of rotatable bonds is 5. The van der Waals surface area contributed by atoms with Crippen molar-refractivity contribution in [3.63, 3.8) is 0 Å². The van der Waals surface area contributed by atoms with Crippen molar-refractivity contribution < 1.29 is 13.9 Å². The van der Waals surface area contributed by atoms with E-state index in [0.29, 0.717) is 0 Å². The maximum atomic E-state index is 13.6. The molecule has 0 heterocycles. The maximum absolute atomic E-state index is 13.6. The normalized spacial score (nSPS) is 12.1. The zero-order valence-electron chi connectivity index (χ0n) is 12.9. The number of halogens is 2. The van der Waals surface area contributed by atoms with E-state index in [9.17, 15) is 9.18 Å². The molecule has 1 N–H and O–H groups in total. The second-order valence-corrected chi connectivity index (χ2v) is 5.22. The van der Waals surface area contributed by atoms with Gasteiger partial charge in [0.2, 0.25) is 0 Å². The number of ether oxygens (including phenoxy) is 1. The molecule has 0 fully saturated rings. The topological polar surface area (TPSA) is 86.8 Å². The standard InChI is InChI=1S/C15H14ClFN4O2S/c1-3-23-14(22)10(7-18)8-19-15(24-2)21-20-9-11-12(16)5-4-6-13(11)17/h4-6,8-9H,3H2,1-2H3,(H,19,21)/b10-8+,20-9?. The second-order valence-electron chi connectivity index (χ2n) is 4.02. The predicted octanol–water partition coefficient (Wildman–Crippen LogP) is 3.09. The molecular weight excluding hydrogens is 355 g/mol. The van der Waals surface area contributed by atoms with Crippen LogP contribution in [0.4, 0.5) is 4.39 Å². The number of nitriles is 1. The quantitative estimate of drug-likeness (QED) is 0.215. The van der Waals surface area contributed by atoms with E-state index in [4.69, 9.17) is 21.6 Å². The minimum absolute atomic E-state index is 0.131. The minimum atomic E-state index is -0.758. The van der Waals surface area contributed by atoms with Crippen LogP contribution >= 0.6 is 23.4 Å². The molecule has 1 rings (SSSR count). The first-order chi connectivity index (χ1) is 11.5. The van der Waals surface area contributed by atoms with Crippen LogP contribution in [0.1, 0.15) is 12.5 Å². The number of benzene rings is 1. The summed E-state index contributed by atoms with van der Waals surface area (Å²) < 4.78 is 18.3. The highest BCUT2D eigenvalue weighted by molar-refractivity contribution is 8.13. The van der Waals surface area contributed by atoms with Crippen LogP contribution in [-0.4, -0.2) is 30.2 Å². The molecule has 1 aromatic carbocycles. The number of thioether (sulfide) groups is 1. The number of hydrazone groups is 1. The van der Waals surface area contributed by atoms with Gasteiger partial charge in [-0.2, -0.15) is 10.4 Å². The average molecular weight is 369 g/mol. The number of amidine groups is 1. The van der Waals surface area contributed by atoms with Crippen molar-refractivity contribution in [1.82, 2.24) is 5.43 Å². The zero-order valence-corrected chi connectivity index (χ0v) is 14.5. The average Bonchev–Trinajstić information content (AvgIpc) is 2.56. The first-order valence-corrected chi connectivity index (χ1v) is 8.26. The molecule has 24 heavy (non-hydrogen) atoms. The molecule has 0 atom stereocenters. The molecular formula is C15H14ClFN4O2S. The van der Waals surface area contributed by atoms with Gasteiger partial charge >= 0.3 is 5.97 Å². The number of carbonyl (C=O) groups is 1. The Morgan fingerprint density at radius 3 is 2.92 bits per heavy atom. The Kier molecular flexibility index (Phi) is 8.54. The molecule has 0 unspecified atom stereocenters. The van der Waals surface area contributed by atoms with Gasteiger partial charge < -0.3 is 4.74 Å². The molecule has 0 spiro atoms. The number of aliphatic imine (C=N–C) groups is 1. The molecule has 1 aromatic rings. The summed E-state index contributed by atoms with van der Waals surface area (Å²) in [6.07, 6.45) is 3.99. The third-order valence-corrected chi connectivity index (χ3v) is 3.39. The summed E-state index contributed by atoms with van der Waals surface area (Å²) in [5.41, 5.74) is 2.46. The molecule has 9 heteroatoms. The smallest absolute Gasteiger partial charge is 0.350 e. The summed E-state index contributed by atoms with van der Waals surface area (Å²) in [5, 5.41) is 13.2. The summed E-state index contributed by atoms with van der Waals surface area (Å²) in [7, 11) is 0. The van der Waals surface area contributed by atoms with Crippen LogP contribution in [0, 0.1) is 17.1 Å². The van der Waals surface area contributed by atoms with Gasteiger partial charge in [-0.1, -0.05) is 29.4 Å². The van der Waals surface area contributed by atoms with Crippen molar-refractivity contribution in [2.24, 2.45) is 10.1 Å². The lowest BCUT2D eigenvalue weighted by Gasteiger charge is -2.02. The third-order valence-electron chi connectivity index (χ3n) is 2.47. The monoisotopic (exact) mass is 368 g/mol. The number of nitrogens with zero attached hydrogens (tertiary/aromatic N) is 3. The summed E-state index contributed by atoms with van der Waals surface area (Å²) >= 11 is 7.06. The van der Waals surface area contributed by atoms with E-state index in [0.717, 1.165) is 6.20 Å². The molecule has 0 aliphatic carbocycles. The van der Waals surface area contributed by atoms with E-state index in [1.54, 1.807) is 19.2 Å². The largest absolute Gasteiger partial charge is 0.462 e. The molecule has 0 saturated carbocycles. The van der Waals surface area contributed by atoms with Crippen LogP contribution in [-0.2, 0) is 9.53 Å². The van der Waals surface area contributed by atoms with Gasteiger partial charge in [-0.15, -0.1) is 0 Å². The van der Waals surface area contributed by atoms with Crippen molar-refractivity contribution >= 4 is 40.7 Å². The molecule has 0 aliphatic rings. The molecule has 0 radical (unpaired) electrons. The number of esters is 1.